The van der Waals surface area contributed by atoms with Crippen molar-refractivity contribution in [3.63, 3.8) is 0 Å². The molecule has 0 aliphatic carbocycles. The number of hydrogen-bond donors (Lipinski definition) is 0. The van der Waals surface area contributed by atoms with E-state index in [1.807, 2.05) is 36.4 Å². The highest BCUT2D eigenvalue weighted by Gasteiger charge is 2.18. The molecule has 2 aromatic carbocycles. The van der Waals surface area contributed by atoms with E-state index in [0.717, 1.165) is 45.4 Å². The minimum absolute atomic E-state index is 0.589. The monoisotopic (exact) mass is 416 g/mol. The average molecular weight is 417 g/mol. The molecule has 0 spiro atoms. The molecule has 0 amide bonds. The third-order valence-corrected chi connectivity index (χ3v) is 5.70. The molecule has 2 heterocycles. The number of thioether (sulfide) groups is 1. The van der Waals surface area contributed by atoms with E-state index in [1.165, 1.54) is 0 Å². The fourth-order valence-electron chi connectivity index (χ4n) is 3.21. The Kier molecular flexibility index (Phi) is 5.90. The van der Waals surface area contributed by atoms with Gasteiger partial charge in [0.1, 0.15) is 12.0 Å². The zero-order valence-corrected chi connectivity index (χ0v) is 17.5. The fraction of sp³-hybridized carbons (Fsp3) is 0.130. The van der Waals surface area contributed by atoms with Crippen molar-refractivity contribution in [3.05, 3.63) is 83.7 Å². The van der Waals surface area contributed by atoms with E-state index >= 15 is 0 Å². The molecule has 0 atom stereocenters. The lowest BCUT2D eigenvalue weighted by Gasteiger charge is -2.13. The molecule has 0 saturated heterocycles. The highest BCUT2D eigenvalue weighted by atomic mass is 32.2. The van der Waals surface area contributed by atoms with E-state index in [1.54, 1.807) is 37.3 Å². The number of hydrogen-bond acceptors (Lipinski definition) is 6. The summed E-state index contributed by atoms with van der Waals surface area (Å²) >= 11 is 1.55. The summed E-state index contributed by atoms with van der Waals surface area (Å²) in [5.74, 6) is 2.08. The van der Waals surface area contributed by atoms with Crippen molar-refractivity contribution in [2.75, 3.05) is 7.11 Å². The molecule has 30 heavy (non-hydrogen) atoms. The summed E-state index contributed by atoms with van der Waals surface area (Å²) < 4.78 is 7.52. The van der Waals surface area contributed by atoms with E-state index < -0.39 is 0 Å². The Morgan fingerprint density at radius 1 is 1.07 bits per heavy atom. The van der Waals surface area contributed by atoms with Crippen LogP contribution in [-0.2, 0) is 5.75 Å². The maximum Gasteiger partial charge on any atom is 0.196 e. The molecule has 0 bridgehead atoms. The molecule has 0 radical (unpaired) electrons. The van der Waals surface area contributed by atoms with E-state index in [-0.39, 0.29) is 0 Å². The van der Waals surface area contributed by atoms with E-state index in [9.17, 15) is 4.79 Å². The third kappa shape index (κ3) is 3.97. The van der Waals surface area contributed by atoms with Gasteiger partial charge in [0.2, 0.25) is 0 Å². The van der Waals surface area contributed by atoms with Crippen molar-refractivity contribution < 1.29 is 9.53 Å². The molecular weight excluding hydrogens is 396 g/mol. The predicted octanol–water partition coefficient (Wildman–Crippen LogP) is 4.75. The predicted molar refractivity (Wildman–Crippen MR) is 117 cm³/mol. The van der Waals surface area contributed by atoms with Gasteiger partial charge < -0.3 is 4.74 Å². The smallest absolute Gasteiger partial charge is 0.196 e. The second-order valence-electron chi connectivity index (χ2n) is 6.64. The van der Waals surface area contributed by atoms with Crippen LogP contribution in [0.25, 0.3) is 17.1 Å². The summed E-state index contributed by atoms with van der Waals surface area (Å²) in [5, 5.41) is 9.70. The van der Waals surface area contributed by atoms with Crippen LogP contribution in [-0.4, -0.2) is 33.1 Å². The van der Waals surface area contributed by atoms with Gasteiger partial charge in [0, 0.05) is 34.8 Å². The minimum Gasteiger partial charge on any atom is -0.496 e. The van der Waals surface area contributed by atoms with E-state index in [0.29, 0.717) is 11.3 Å². The zero-order valence-electron chi connectivity index (χ0n) is 16.6. The molecule has 150 valence electrons. The van der Waals surface area contributed by atoms with Gasteiger partial charge in [-0.2, -0.15) is 0 Å². The first kappa shape index (κ1) is 19.8. The Balaban J connectivity index is 1.75. The summed E-state index contributed by atoms with van der Waals surface area (Å²) in [5.41, 5.74) is 4.62. The number of rotatable bonds is 7. The van der Waals surface area contributed by atoms with Crippen LogP contribution in [0.15, 0.2) is 72.1 Å². The number of ether oxygens (including phenoxy) is 1. The van der Waals surface area contributed by atoms with Gasteiger partial charge in [-0.1, -0.05) is 30.0 Å². The van der Waals surface area contributed by atoms with Crippen LogP contribution < -0.4 is 4.74 Å². The number of carbonyl (C=O) groups excluding carboxylic acids is 1. The zero-order chi connectivity index (χ0) is 20.9. The van der Waals surface area contributed by atoms with E-state index in [4.69, 9.17) is 4.74 Å². The summed E-state index contributed by atoms with van der Waals surface area (Å²) in [6.45, 7) is 2.07. The maximum absolute atomic E-state index is 11.2. The highest BCUT2D eigenvalue weighted by Crippen LogP contribution is 2.32. The lowest BCUT2D eigenvalue weighted by Crippen LogP contribution is -2.02. The third-order valence-electron chi connectivity index (χ3n) is 4.73. The molecule has 2 aromatic heterocycles. The van der Waals surface area contributed by atoms with Crippen molar-refractivity contribution in [2.45, 2.75) is 17.8 Å². The van der Waals surface area contributed by atoms with Crippen LogP contribution in [0.5, 0.6) is 5.75 Å². The van der Waals surface area contributed by atoms with Gasteiger partial charge in [0.15, 0.2) is 11.0 Å². The minimum atomic E-state index is 0.589. The quantitative estimate of drug-likeness (QED) is 0.320. The second kappa shape index (κ2) is 8.92. The number of aryl methyl sites for hydroxylation is 1. The van der Waals surface area contributed by atoms with Crippen molar-refractivity contribution in [3.8, 4) is 22.8 Å². The summed E-state index contributed by atoms with van der Waals surface area (Å²) in [4.78, 5) is 15.3. The standard InChI is InChI=1S/C23H20N4O2S/c1-16-5-3-4-6-20(16)27-22(18-9-11-24-12-10-18)25-26-23(27)30-15-19-13-17(14-28)7-8-21(19)29-2/h3-14H,15H2,1-2H3. The van der Waals surface area contributed by atoms with Crippen LogP contribution in [0, 0.1) is 6.92 Å². The number of pyridine rings is 1. The fourth-order valence-corrected chi connectivity index (χ4v) is 4.13. The second-order valence-corrected chi connectivity index (χ2v) is 7.58. The number of para-hydroxylation sites is 1. The summed E-state index contributed by atoms with van der Waals surface area (Å²) in [6.07, 6.45) is 4.33. The highest BCUT2D eigenvalue weighted by molar-refractivity contribution is 7.98. The molecule has 4 aromatic rings. The first-order valence-electron chi connectivity index (χ1n) is 9.38. The number of carbonyl (C=O) groups is 1. The van der Waals surface area contributed by atoms with Gasteiger partial charge in [0.05, 0.1) is 12.8 Å². The van der Waals surface area contributed by atoms with Gasteiger partial charge in [-0.25, -0.2) is 0 Å². The molecule has 0 saturated carbocycles. The molecule has 0 aliphatic heterocycles. The normalized spacial score (nSPS) is 10.7. The average Bonchev–Trinajstić information content (AvgIpc) is 3.22. The van der Waals surface area contributed by atoms with Crippen molar-refractivity contribution >= 4 is 18.0 Å². The Morgan fingerprint density at radius 3 is 2.60 bits per heavy atom. The van der Waals surface area contributed by atoms with Crippen LogP contribution in [0.2, 0.25) is 0 Å². The number of aromatic nitrogens is 4. The number of methoxy groups -OCH3 is 1. The molecule has 4 rings (SSSR count). The lowest BCUT2D eigenvalue weighted by atomic mass is 10.1. The van der Waals surface area contributed by atoms with Crippen molar-refractivity contribution in [1.82, 2.24) is 19.7 Å². The maximum atomic E-state index is 11.2. The van der Waals surface area contributed by atoms with Crippen LogP contribution >= 0.6 is 11.8 Å². The Hall–Kier alpha value is -3.45. The number of aldehydes is 1. The van der Waals surface area contributed by atoms with Crippen molar-refractivity contribution in [1.29, 1.82) is 0 Å². The molecular formula is C23H20N4O2S. The van der Waals surface area contributed by atoms with Gasteiger partial charge in [-0.3, -0.25) is 14.3 Å². The Morgan fingerprint density at radius 2 is 1.87 bits per heavy atom. The van der Waals surface area contributed by atoms with Crippen molar-refractivity contribution in [2.24, 2.45) is 0 Å². The Labute approximate surface area is 179 Å². The number of benzene rings is 2. The van der Waals surface area contributed by atoms with Crippen LogP contribution in [0.1, 0.15) is 21.5 Å². The summed E-state index contributed by atoms with van der Waals surface area (Å²) in [6, 6.07) is 17.4. The molecule has 6 nitrogen and oxygen atoms in total. The Bertz CT molecular complexity index is 1180. The van der Waals surface area contributed by atoms with Crippen LogP contribution in [0.4, 0.5) is 0 Å². The van der Waals surface area contributed by atoms with E-state index in [2.05, 4.69) is 38.8 Å². The molecule has 0 unspecified atom stereocenters. The number of nitrogens with zero attached hydrogens (tertiary/aromatic N) is 4. The first-order chi connectivity index (χ1) is 14.7. The molecule has 0 N–H and O–H groups in total. The van der Waals surface area contributed by atoms with Crippen LogP contribution in [0.3, 0.4) is 0 Å². The molecule has 0 aliphatic rings. The first-order valence-corrected chi connectivity index (χ1v) is 10.4. The van der Waals surface area contributed by atoms with Gasteiger partial charge in [0.25, 0.3) is 0 Å². The molecule has 0 fully saturated rings. The summed E-state index contributed by atoms with van der Waals surface area (Å²) in [7, 11) is 1.63. The van der Waals surface area contributed by atoms with Gasteiger partial charge >= 0.3 is 0 Å². The molecule has 7 heteroatoms. The van der Waals surface area contributed by atoms with Gasteiger partial charge in [-0.05, 0) is 48.9 Å². The van der Waals surface area contributed by atoms with Gasteiger partial charge in [-0.15, -0.1) is 10.2 Å². The largest absolute Gasteiger partial charge is 0.496 e. The lowest BCUT2D eigenvalue weighted by molar-refractivity contribution is 0.112. The topological polar surface area (TPSA) is 69.9 Å². The SMILES string of the molecule is COc1ccc(C=O)cc1CSc1nnc(-c2ccncc2)n1-c1ccccc1C.